The van der Waals surface area contributed by atoms with Gasteiger partial charge >= 0.3 is 0 Å². The van der Waals surface area contributed by atoms with Gasteiger partial charge in [0.2, 0.25) is 0 Å². The first-order chi connectivity index (χ1) is 9.74. The van der Waals surface area contributed by atoms with Crippen molar-refractivity contribution in [2.24, 2.45) is 0 Å². The summed E-state index contributed by atoms with van der Waals surface area (Å²) >= 11 is 11.0. The molecule has 0 aliphatic heterocycles. The molecule has 2 N–H and O–H groups in total. The maximum Gasteiger partial charge on any atom is 0.166 e. The van der Waals surface area contributed by atoms with Gasteiger partial charge in [-0.05, 0) is 24.2 Å². The Morgan fingerprint density at radius 2 is 1.95 bits per heavy atom. The molecule has 0 spiro atoms. The molecule has 2 aromatic rings. The molecule has 0 aliphatic rings. The number of nitrogens with zero attached hydrogens (tertiary/aromatic N) is 2. The molecule has 2 rings (SSSR count). The maximum absolute atomic E-state index is 5.79. The lowest BCUT2D eigenvalue weighted by Gasteiger charge is -2.10. The molecule has 0 fully saturated rings. The molecule has 1 aromatic carbocycles. The molecule has 0 radical (unpaired) electrons. The van der Waals surface area contributed by atoms with Gasteiger partial charge in [0, 0.05) is 19.3 Å². The van der Waals surface area contributed by atoms with E-state index in [1.165, 1.54) is 5.56 Å². The Morgan fingerprint density at radius 3 is 2.65 bits per heavy atom. The quantitative estimate of drug-likeness (QED) is 0.803. The average Bonchev–Trinajstić information content (AvgIpc) is 2.86. The van der Waals surface area contributed by atoms with E-state index < -0.39 is 0 Å². The molecule has 0 saturated heterocycles. The molecule has 0 saturated carbocycles. The van der Waals surface area contributed by atoms with Crippen molar-refractivity contribution in [3.63, 3.8) is 0 Å². The van der Waals surface area contributed by atoms with Gasteiger partial charge in [-0.3, -0.25) is 4.68 Å². The minimum atomic E-state index is 0.647. The summed E-state index contributed by atoms with van der Waals surface area (Å²) in [6.45, 7) is 2.27. The zero-order valence-electron chi connectivity index (χ0n) is 11.1. The summed E-state index contributed by atoms with van der Waals surface area (Å²) in [7, 11) is 0. The van der Waals surface area contributed by atoms with Gasteiger partial charge in [0.1, 0.15) is 0 Å². The predicted octanol–water partition coefficient (Wildman–Crippen LogP) is 2.24. The van der Waals surface area contributed by atoms with Crippen LogP contribution in [0, 0.1) is 0 Å². The molecule has 6 heteroatoms. The van der Waals surface area contributed by atoms with E-state index in [1.54, 1.807) is 17.1 Å². The second kappa shape index (κ2) is 7.87. The largest absolute Gasteiger partial charge is 0.362 e. The van der Waals surface area contributed by atoms with E-state index in [2.05, 4.69) is 27.9 Å². The number of hydrogen-bond acceptors (Lipinski definition) is 2. The first kappa shape index (κ1) is 14.8. The Bertz CT molecular complexity index is 541. The SMILES string of the molecule is S=C(NCCc1ccccc1)NCCn1cc(Cl)cn1. The number of hydrogen-bond donors (Lipinski definition) is 2. The van der Waals surface area contributed by atoms with Crippen LogP contribution in [0.2, 0.25) is 5.02 Å². The molecule has 0 atom stereocenters. The third-order valence-electron chi connectivity index (χ3n) is 2.77. The Balaban J connectivity index is 1.59. The van der Waals surface area contributed by atoms with Gasteiger partial charge in [-0.25, -0.2) is 0 Å². The van der Waals surface area contributed by atoms with Gasteiger partial charge in [0.25, 0.3) is 0 Å². The maximum atomic E-state index is 5.79. The Kier molecular flexibility index (Phi) is 5.83. The third kappa shape index (κ3) is 5.19. The molecule has 0 aliphatic carbocycles. The van der Waals surface area contributed by atoms with E-state index in [-0.39, 0.29) is 0 Å². The van der Waals surface area contributed by atoms with Crippen LogP contribution in [-0.4, -0.2) is 28.0 Å². The number of aromatic nitrogens is 2. The fourth-order valence-corrected chi connectivity index (χ4v) is 2.13. The molecule has 20 heavy (non-hydrogen) atoms. The number of benzene rings is 1. The van der Waals surface area contributed by atoms with Gasteiger partial charge in [-0.1, -0.05) is 41.9 Å². The number of halogens is 1. The molecule has 0 unspecified atom stereocenters. The van der Waals surface area contributed by atoms with Crippen molar-refractivity contribution < 1.29 is 0 Å². The third-order valence-corrected chi connectivity index (χ3v) is 3.25. The summed E-state index contributed by atoms with van der Waals surface area (Å²) in [5, 5.41) is 11.7. The second-order valence-corrected chi connectivity index (χ2v) is 5.18. The summed E-state index contributed by atoms with van der Waals surface area (Å²) in [4.78, 5) is 0. The van der Waals surface area contributed by atoms with Crippen LogP contribution in [0.25, 0.3) is 0 Å². The zero-order valence-corrected chi connectivity index (χ0v) is 12.6. The molecular weight excluding hydrogens is 292 g/mol. The molecule has 1 heterocycles. The Hall–Kier alpha value is -1.59. The van der Waals surface area contributed by atoms with Crippen LogP contribution >= 0.6 is 23.8 Å². The van der Waals surface area contributed by atoms with Gasteiger partial charge in [0.15, 0.2) is 5.11 Å². The zero-order chi connectivity index (χ0) is 14.2. The lowest BCUT2D eigenvalue weighted by Crippen LogP contribution is -2.37. The van der Waals surface area contributed by atoms with E-state index >= 15 is 0 Å². The van der Waals surface area contributed by atoms with Crippen LogP contribution in [0.5, 0.6) is 0 Å². The van der Waals surface area contributed by atoms with Crippen LogP contribution in [-0.2, 0) is 13.0 Å². The van der Waals surface area contributed by atoms with Crippen molar-refractivity contribution in [3.8, 4) is 0 Å². The van der Waals surface area contributed by atoms with Crippen LogP contribution in [0.1, 0.15) is 5.56 Å². The Labute approximate surface area is 129 Å². The van der Waals surface area contributed by atoms with E-state index in [4.69, 9.17) is 23.8 Å². The first-order valence-corrected chi connectivity index (χ1v) is 7.26. The first-order valence-electron chi connectivity index (χ1n) is 6.47. The molecule has 1 aromatic heterocycles. The van der Waals surface area contributed by atoms with Crippen molar-refractivity contribution >= 4 is 28.9 Å². The summed E-state index contributed by atoms with van der Waals surface area (Å²) < 4.78 is 1.78. The molecule has 4 nitrogen and oxygen atoms in total. The summed E-state index contributed by atoms with van der Waals surface area (Å²) in [6.07, 6.45) is 4.37. The van der Waals surface area contributed by atoms with Crippen LogP contribution in [0.3, 0.4) is 0 Å². The number of rotatable bonds is 6. The molecule has 106 valence electrons. The van der Waals surface area contributed by atoms with E-state index in [0.717, 1.165) is 26.1 Å². The van der Waals surface area contributed by atoms with Crippen LogP contribution in [0.15, 0.2) is 42.7 Å². The lowest BCUT2D eigenvalue weighted by molar-refractivity contribution is 0.600. The highest BCUT2D eigenvalue weighted by molar-refractivity contribution is 7.80. The fourth-order valence-electron chi connectivity index (χ4n) is 1.77. The topological polar surface area (TPSA) is 41.9 Å². The minimum absolute atomic E-state index is 0.647. The van der Waals surface area contributed by atoms with E-state index in [9.17, 15) is 0 Å². The van der Waals surface area contributed by atoms with Crippen molar-refractivity contribution in [1.82, 2.24) is 20.4 Å². The predicted molar refractivity (Wildman–Crippen MR) is 86.0 cm³/mol. The number of nitrogens with one attached hydrogen (secondary N) is 2. The molecule has 0 amide bonds. The van der Waals surface area contributed by atoms with Crippen molar-refractivity contribution in [1.29, 1.82) is 0 Å². The van der Waals surface area contributed by atoms with Crippen molar-refractivity contribution in [3.05, 3.63) is 53.3 Å². The molecule has 0 bridgehead atoms. The smallest absolute Gasteiger partial charge is 0.166 e. The van der Waals surface area contributed by atoms with Gasteiger partial charge in [0.05, 0.1) is 17.8 Å². The van der Waals surface area contributed by atoms with Crippen molar-refractivity contribution in [2.45, 2.75) is 13.0 Å². The van der Waals surface area contributed by atoms with Gasteiger partial charge in [-0.15, -0.1) is 0 Å². The van der Waals surface area contributed by atoms with Crippen LogP contribution < -0.4 is 10.6 Å². The van der Waals surface area contributed by atoms with Gasteiger partial charge < -0.3 is 10.6 Å². The van der Waals surface area contributed by atoms with E-state index in [0.29, 0.717) is 10.1 Å². The number of thiocarbonyl (C=S) groups is 1. The highest BCUT2D eigenvalue weighted by Gasteiger charge is 1.98. The van der Waals surface area contributed by atoms with Crippen molar-refractivity contribution in [2.75, 3.05) is 13.1 Å². The minimum Gasteiger partial charge on any atom is -0.362 e. The van der Waals surface area contributed by atoms with E-state index in [1.807, 2.05) is 18.2 Å². The monoisotopic (exact) mass is 308 g/mol. The second-order valence-electron chi connectivity index (χ2n) is 4.34. The van der Waals surface area contributed by atoms with Gasteiger partial charge in [-0.2, -0.15) is 5.10 Å². The lowest BCUT2D eigenvalue weighted by atomic mass is 10.1. The standard InChI is InChI=1S/C14H17ClN4S/c15-13-10-18-19(11-13)9-8-17-14(20)16-7-6-12-4-2-1-3-5-12/h1-5,10-11H,6-9H2,(H2,16,17,20). The molecular formula is C14H17ClN4S. The summed E-state index contributed by atoms with van der Waals surface area (Å²) in [5.74, 6) is 0. The fraction of sp³-hybridized carbons (Fsp3) is 0.286. The highest BCUT2D eigenvalue weighted by Crippen LogP contribution is 2.03. The Morgan fingerprint density at radius 1 is 1.20 bits per heavy atom. The highest BCUT2D eigenvalue weighted by atomic mass is 35.5. The van der Waals surface area contributed by atoms with Crippen LogP contribution in [0.4, 0.5) is 0 Å². The average molecular weight is 309 g/mol. The summed E-state index contributed by atoms with van der Waals surface area (Å²) in [6, 6.07) is 10.3. The normalized spacial score (nSPS) is 10.2. The summed E-state index contributed by atoms with van der Waals surface area (Å²) in [5.41, 5.74) is 1.30.